The molecule has 0 atom stereocenters. The number of hydrogen-bond acceptors (Lipinski definition) is 6. The van der Waals surface area contributed by atoms with Crippen molar-refractivity contribution in [2.24, 2.45) is 0 Å². The maximum absolute atomic E-state index is 5.97. The zero-order valence-corrected chi connectivity index (χ0v) is 14.8. The molecule has 3 rings (SSSR count). The third kappa shape index (κ3) is 5.23. The van der Waals surface area contributed by atoms with E-state index >= 15 is 0 Å². The lowest BCUT2D eigenvalue weighted by Crippen LogP contribution is -2.21. The normalized spacial score (nSPS) is 11.0. The molecule has 3 aromatic rings. The molecule has 0 fully saturated rings. The zero-order valence-electron chi connectivity index (χ0n) is 14.0. The van der Waals surface area contributed by atoms with Crippen LogP contribution in [0.5, 0.6) is 0 Å². The molecule has 0 amide bonds. The average Bonchev–Trinajstić information content (AvgIpc) is 3.14. The van der Waals surface area contributed by atoms with Gasteiger partial charge in [-0.05, 0) is 43.2 Å². The van der Waals surface area contributed by atoms with Crippen LogP contribution >= 0.6 is 11.6 Å². The highest BCUT2D eigenvalue weighted by Crippen LogP contribution is 2.09. The van der Waals surface area contributed by atoms with E-state index in [2.05, 4.69) is 61.6 Å². The van der Waals surface area contributed by atoms with Crippen molar-refractivity contribution in [1.29, 1.82) is 0 Å². The van der Waals surface area contributed by atoms with Crippen LogP contribution in [0, 0.1) is 0 Å². The summed E-state index contributed by atoms with van der Waals surface area (Å²) in [4.78, 5) is 14.8. The number of benzene rings is 1. The Morgan fingerprint density at radius 1 is 1.12 bits per heavy atom. The predicted octanol–water partition coefficient (Wildman–Crippen LogP) is 2.64. The summed E-state index contributed by atoms with van der Waals surface area (Å²) < 4.78 is 1.55. The van der Waals surface area contributed by atoms with Crippen LogP contribution < -0.4 is 5.32 Å². The van der Waals surface area contributed by atoms with Gasteiger partial charge in [0, 0.05) is 25.5 Å². The first-order valence-corrected chi connectivity index (χ1v) is 8.46. The van der Waals surface area contributed by atoms with Gasteiger partial charge in [0.05, 0.1) is 0 Å². The Balaban J connectivity index is 1.47. The summed E-state index contributed by atoms with van der Waals surface area (Å²) >= 11 is 5.97. The molecule has 0 spiro atoms. The van der Waals surface area contributed by atoms with Crippen LogP contribution in [-0.4, -0.2) is 49.8 Å². The number of halogens is 1. The molecule has 0 saturated carbocycles. The minimum atomic E-state index is 0.143. The van der Waals surface area contributed by atoms with Crippen LogP contribution in [0.1, 0.15) is 12.0 Å². The van der Waals surface area contributed by atoms with E-state index in [0.29, 0.717) is 11.9 Å². The molecular formula is C17H20ClN7. The van der Waals surface area contributed by atoms with Gasteiger partial charge in [-0.3, -0.25) is 0 Å². The van der Waals surface area contributed by atoms with E-state index in [9.17, 15) is 0 Å². The molecule has 1 N–H and O–H groups in total. The lowest BCUT2D eigenvalue weighted by Gasteiger charge is -2.16. The van der Waals surface area contributed by atoms with Crippen LogP contribution in [0.3, 0.4) is 0 Å². The molecule has 0 radical (unpaired) electrons. The summed E-state index contributed by atoms with van der Waals surface area (Å²) in [6.07, 6.45) is 4.38. The molecule has 8 heteroatoms. The molecule has 1 aromatic carbocycles. The molecule has 130 valence electrons. The van der Waals surface area contributed by atoms with Gasteiger partial charge >= 0.3 is 0 Å². The van der Waals surface area contributed by atoms with Crippen molar-refractivity contribution in [3.63, 3.8) is 0 Å². The fraction of sp³-hybridized carbons (Fsp3) is 0.294. The molecular weight excluding hydrogens is 338 g/mol. The fourth-order valence-corrected chi connectivity index (χ4v) is 2.59. The molecule has 0 bridgehead atoms. The Morgan fingerprint density at radius 2 is 1.96 bits per heavy atom. The second-order valence-corrected chi connectivity index (χ2v) is 6.02. The van der Waals surface area contributed by atoms with Crippen molar-refractivity contribution in [1.82, 2.24) is 29.6 Å². The van der Waals surface area contributed by atoms with E-state index in [0.717, 1.165) is 26.1 Å². The third-order valence-electron chi connectivity index (χ3n) is 3.60. The predicted molar refractivity (Wildman–Crippen MR) is 97.8 cm³/mol. The Morgan fingerprint density at radius 3 is 2.72 bits per heavy atom. The summed E-state index contributed by atoms with van der Waals surface area (Å²) in [7, 11) is 2.11. The molecule has 25 heavy (non-hydrogen) atoms. The molecule has 0 aliphatic heterocycles. The van der Waals surface area contributed by atoms with Gasteiger partial charge in [-0.1, -0.05) is 30.3 Å². The smallest absolute Gasteiger partial charge is 0.256 e. The zero-order chi connectivity index (χ0) is 17.5. The maximum atomic E-state index is 5.97. The summed E-state index contributed by atoms with van der Waals surface area (Å²) in [6.45, 7) is 2.65. The van der Waals surface area contributed by atoms with E-state index in [-0.39, 0.29) is 5.28 Å². The number of anilines is 1. The van der Waals surface area contributed by atoms with E-state index in [1.165, 1.54) is 5.56 Å². The summed E-state index contributed by atoms with van der Waals surface area (Å²) in [6, 6.07) is 12.2. The first-order valence-electron chi connectivity index (χ1n) is 8.08. The van der Waals surface area contributed by atoms with Gasteiger partial charge in [0.15, 0.2) is 0 Å². The van der Waals surface area contributed by atoms with Crippen LogP contribution in [0.2, 0.25) is 5.28 Å². The van der Waals surface area contributed by atoms with E-state index in [4.69, 9.17) is 11.6 Å². The van der Waals surface area contributed by atoms with Gasteiger partial charge in [-0.25, -0.2) is 4.68 Å². The van der Waals surface area contributed by atoms with Gasteiger partial charge < -0.3 is 10.2 Å². The van der Waals surface area contributed by atoms with Crippen molar-refractivity contribution < 1.29 is 0 Å². The number of nitrogens with one attached hydrogen (secondary N) is 1. The van der Waals surface area contributed by atoms with Crippen molar-refractivity contribution in [3.05, 3.63) is 59.6 Å². The first-order chi connectivity index (χ1) is 12.2. The standard InChI is InChI=1S/C17H20ClN7/c1-24(13-14-7-3-2-4-8-14)11-5-9-19-16-21-15(18)22-17(23-16)25-12-6-10-20-25/h2-4,6-8,10,12H,5,9,11,13H2,1H3,(H,19,21,22,23). The van der Waals surface area contributed by atoms with Crippen molar-refractivity contribution in [2.75, 3.05) is 25.5 Å². The van der Waals surface area contributed by atoms with Crippen LogP contribution in [0.25, 0.3) is 5.95 Å². The summed E-state index contributed by atoms with van der Waals surface area (Å²) in [5.41, 5.74) is 1.31. The summed E-state index contributed by atoms with van der Waals surface area (Å²) in [5, 5.41) is 7.43. The highest BCUT2D eigenvalue weighted by atomic mass is 35.5. The molecule has 7 nitrogen and oxygen atoms in total. The van der Waals surface area contributed by atoms with Gasteiger partial charge in [0.25, 0.3) is 5.95 Å². The Kier molecular flexibility index (Phi) is 5.92. The molecule has 0 unspecified atom stereocenters. The first kappa shape index (κ1) is 17.3. The number of hydrogen-bond donors (Lipinski definition) is 1. The highest BCUT2D eigenvalue weighted by molar-refractivity contribution is 6.28. The largest absolute Gasteiger partial charge is 0.354 e. The SMILES string of the molecule is CN(CCCNc1nc(Cl)nc(-n2cccn2)n1)Cc1ccccc1. The van der Waals surface area contributed by atoms with Gasteiger partial charge in [0.1, 0.15) is 0 Å². The molecule has 0 saturated heterocycles. The van der Waals surface area contributed by atoms with Crippen molar-refractivity contribution in [2.45, 2.75) is 13.0 Å². The van der Waals surface area contributed by atoms with Crippen LogP contribution in [0.4, 0.5) is 5.95 Å². The number of rotatable bonds is 8. The number of aromatic nitrogens is 5. The van der Waals surface area contributed by atoms with E-state index in [1.54, 1.807) is 23.1 Å². The van der Waals surface area contributed by atoms with E-state index < -0.39 is 0 Å². The second kappa shape index (κ2) is 8.55. The van der Waals surface area contributed by atoms with Gasteiger partial charge in [0.2, 0.25) is 11.2 Å². The van der Waals surface area contributed by atoms with Crippen molar-refractivity contribution in [3.8, 4) is 5.95 Å². The van der Waals surface area contributed by atoms with Crippen molar-refractivity contribution >= 4 is 17.5 Å². The minimum absolute atomic E-state index is 0.143. The molecule has 0 aliphatic rings. The summed E-state index contributed by atoms with van der Waals surface area (Å²) in [5.74, 6) is 0.852. The quantitative estimate of drug-likeness (QED) is 0.625. The monoisotopic (exact) mass is 357 g/mol. The van der Waals surface area contributed by atoms with E-state index in [1.807, 2.05) is 6.07 Å². The Hall–Kier alpha value is -2.51. The third-order valence-corrected chi connectivity index (χ3v) is 3.77. The maximum Gasteiger partial charge on any atom is 0.256 e. The topological polar surface area (TPSA) is 71.8 Å². The minimum Gasteiger partial charge on any atom is -0.354 e. The Bertz CT molecular complexity index is 777. The van der Waals surface area contributed by atoms with Crippen LogP contribution in [0.15, 0.2) is 48.8 Å². The number of nitrogens with zero attached hydrogens (tertiary/aromatic N) is 6. The Labute approximate surface area is 151 Å². The lowest BCUT2D eigenvalue weighted by atomic mass is 10.2. The molecule has 0 aliphatic carbocycles. The lowest BCUT2D eigenvalue weighted by molar-refractivity contribution is 0.325. The van der Waals surface area contributed by atoms with Gasteiger partial charge in [-0.2, -0.15) is 20.1 Å². The van der Waals surface area contributed by atoms with Crippen LogP contribution in [-0.2, 0) is 6.54 Å². The van der Waals surface area contributed by atoms with Gasteiger partial charge in [-0.15, -0.1) is 0 Å². The average molecular weight is 358 g/mol. The molecule has 2 aromatic heterocycles. The second-order valence-electron chi connectivity index (χ2n) is 5.68. The highest BCUT2D eigenvalue weighted by Gasteiger charge is 2.07. The molecule has 2 heterocycles. The fourth-order valence-electron chi connectivity index (χ4n) is 2.43.